The van der Waals surface area contributed by atoms with Gasteiger partial charge in [-0.25, -0.2) is 14.0 Å². The second kappa shape index (κ2) is 22.1. The summed E-state index contributed by atoms with van der Waals surface area (Å²) >= 11 is 0.943. The number of benzene rings is 3. The zero-order valence-corrected chi connectivity index (χ0v) is 29.6. The number of carbonyl (C=O) groups is 3. The number of thioether (sulfide) groups is 1. The second-order valence-corrected chi connectivity index (χ2v) is 13.3. The summed E-state index contributed by atoms with van der Waals surface area (Å²) in [5.41, 5.74) is 0.911. The molecule has 0 heterocycles. The van der Waals surface area contributed by atoms with Crippen LogP contribution in [0, 0.1) is 5.82 Å². The maximum atomic E-state index is 14.7. The number of unbranched alkanes of at least 4 members (excludes halogenated alkanes) is 11. The molecule has 0 N–H and O–H groups in total. The number of rotatable bonds is 22. The molecule has 3 aromatic carbocycles. The van der Waals surface area contributed by atoms with Gasteiger partial charge in [-0.1, -0.05) is 84.5 Å². The van der Waals surface area contributed by atoms with Crippen LogP contribution in [0.15, 0.2) is 71.6 Å². The van der Waals surface area contributed by atoms with Gasteiger partial charge in [0.2, 0.25) is 5.12 Å². The van der Waals surface area contributed by atoms with E-state index in [1.807, 2.05) is 6.92 Å². The Morgan fingerprint density at radius 1 is 0.667 bits per heavy atom. The summed E-state index contributed by atoms with van der Waals surface area (Å²) in [6.07, 6.45) is 15.9. The van der Waals surface area contributed by atoms with E-state index in [1.165, 1.54) is 57.1 Å². The first-order valence-electron chi connectivity index (χ1n) is 17.6. The summed E-state index contributed by atoms with van der Waals surface area (Å²) in [5.74, 6) is -1.10. The Hall–Kier alpha value is -3.65. The van der Waals surface area contributed by atoms with E-state index in [4.69, 9.17) is 14.2 Å². The molecule has 0 aromatic heterocycles. The molecule has 0 fully saturated rings. The van der Waals surface area contributed by atoms with E-state index in [-0.39, 0.29) is 22.5 Å². The van der Waals surface area contributed by atoms with Gasteiger partial charge in [0, 0.05) is 10.5 Å². The van der Waals surface area contributed by atoms with Crippen molar-refractivity contribution >= 4 is 28.8 Å². The highest BCUT2D eigenvalue weighted by atomic mass is 32.2. The molecule has 48 heavy (non-hydrogen) atoms. The highest BCUT2D eigenvalue weighted by Crippen LogP contribution is 2.27. The van der Waals surface area contributed by atoms with E-state index in [0.29, 0.717) is 28.4 Å². The monoisotopic (exact) mass is 678 g/mol. The Bertz CT molecular complexity index is 1410. The minimum absolute atomic E-state index is 0.149. The molecule has 0 radical (unpaired) electrons. The predicted octanol–water partition coefficient (Wildman–Crippen LogP) is 11.4. The van der Waals surface area contributed by atoms with E-state index in [1.54, 1.807) is 54.6 Å². The summed E-state index contributed by atoms with van der Waals surface area (Å²) < 4.78 is 31.3. The molecule has 8 heteroatoms. The third kappa shape index (κ3) is 14.2. The van der Waals surface area contributed by atoms with Gasteiger partial charge in [-0.2, -0.15) is 0 Å². The summed E-state index contributed by atoms with van der Waals surface area (Å²) in [6.45, 7) is 6.72. The summed E-state index contributed by atoms with van der Waals surface area (Å²) in [7, 11) is 0. The van der Waals surface area contributed by atoms with Crippen LogP contribution < -0.4 is 9.47 Å². The molecule has 1 unspecified atom stereocenters. The highest BCUT2D eigenvalue weighted by Gasteiger charge is 2.16. The van der Waals surface area contributed by atoms with Crippen molar-refractivity contribution < 1.29 is 33.0 Å². The van der Waals surface area contributed by atoms with Gasteiger partial charge in [0.25, 0.3) is 0 Å². The van der Waals surface area contributed by atoms with Crippen LogP contribution >= 0.6 is 11.8 Å². The van der Waals surface area contributed by atoms with E-state index in [9.17, 15) is 18.8 Å². The number of ether oxygens (including phenoxy) is 3. The van der Waals surface area contributed by atoms with Crippen molar-refractivity contribution in [2.45, 2.75) is 122 Å². The smallest absolute Gasteiger partial charge is 0.343 e. The minimum atomic E-state index is -0.575. The van der Waals surface area contributed by atoms with Crippen LogP contribution in [-0.2, 0) is 4.74 Å². The quantitative estimate of drug-likeness (QED) is 0.0453. The van der Waals surface area contributed by atoms with Crippen molar-refractivity contribution in [1.82, 2.24) is 0 Å². The lowest BCUT2D eigenvalue weighted by atomic mass is 10.1. The van der Waals surface area contributed by atoms with Crippen molar-refractivity contribution in [3.8, 4) is 11.5 Å². The molecule has 1 atom stereocenters. The normalized spacial score (nSPS) is 11.6. The molecule has 6 nitrogen and oxygen atoms in total. The van der Waals surface area contributed by atoms with Crippen molar-refractivity contribution in [1.29, 1.82) is 0 Å². The van der Waals surface area contributed by atoms with E-state index in [2.05, 4.69) is 13.8 Å². The van der Waals surface area contributed by atoms with Gasteiger partial charge in [0.05, 0.1) is 23.8 Å². The molecule has 0 spiro atoms. The van der Waals surface area contributed by atoms with Gasteiger partial charge >= 0.3 is 11.9 Å². The van der Waals surface area contributed by atoms with Crippen LogP contribution in [0.4, 0.5) is 4.39 Å². The zero-order valence-electron chi connectivity index (χ0n) is 28.8. The van der Waals surface area contributed by atoms with Crippen LogP contribution in [0.25, 0.3) is 0 Å². The maximum absolute atomic E-state index is 14.7. The van der Waals surface area contributed by atoms with Crippen LogP contribution in [0.5, 0.6) is 11.5 Å². The van der Waals surface area contributed by atoms with Gasteiger partial charge < -0.3 is 14.2 Å². The largest absolute Gasteiger partial charge is 0.491 e. The summed E-state index contributed by atoms with van der Waals surface area (Å²) in [6, 6.07) is 16.9. The average molecular weight is 679 g/mol. The van der Waals surface area contributed by atoms with Gasteiger partial charge in [-0.05, 0) is 105 Å². The summed E-state index contributed by atoms with van der Waals surface area (Å²) in [5, 5.41) is -0.320. The topological polar surface area (TPSA) is 78.9 Å². The van der Waals surface area contributed by atoms with Crippen molar-refractivity contribution in [3.63, 3.8) is 0 Å². The van der Waals surface area contributed by atoms with Crippen molar-refractivity contribution in [2.24, 2.45) is 0 Å². The van der Waals surface area contributed by atoms with Gasteiger partial charge in [0.15, 0.2) is 11.6 Å². The molecule has 0 aliphatic carbocycles. The molecule has 0 aliphatic heterocycles. The van der Waals surface area contributed by atoms with Crippen LogP contribution in [0.3, 0.4) is 0 Å². The molecule has 0 saturated heterocycles. The standard InChI is InChI=1S/C40H51FO6S/c1-4-6-8-10-11-12-13-14-16-28-45-37-27-22-33(29-36(37)41)40(44)48-35-25-20-32(21-26-35)39(43)47-34-23-18-31(19-24-34)38(42)46-30(3)17-15-9-7-5-2/h18-27,29-30H,4-17,28H2,1-3H3. The molecule has 3 rings (SSSR count). The van der Waals surface area contributed by atoms with Crippen LogP contribution in [0.2, 0.25) is 0 Å². The Morgan fingerprint density at radius 2 is 1.21 bits per heavy atom. The number of hydrogen-bond donors (Lipinski definition) is 0. The lowest BCUT2D eigenvalue weighted by molar-refractivity contribution is 0.0319. The molecule has 0 bridgehead atoms. The Labute approximate surface area is 290 Å². The fourth-order valence-corrected chi connectivity index (χ4v) is 5.89. The average Bonchev–Trinajstić information content (AvgIpc) is 3.08. The first-order valence-corrected chi connectivity index (χ1v) is 18.4. The molecule has 0 saturated carbocycles. The van der Waals surface area contributed by atoms with E-state index < -0.39 is 17.8 Å². The Morgan fingerprint density at radius 3 is 1.83 bits per heavy atom. The summed E-state index contributed by atoms with van der Waals surface area (Å²) in [4.78, 5) is 38.6. The fraction of sp³-hybridized carbons (Fsp3) is 0.475. The van der Waals surface area contributed by atoms with Gasteiger partial charge in [-0.15, -0.1) is 0 Å². The molecular formula is C40H51FO6S. The maximum Gasteiger partial charge on any atom is 0.343 e. The predicted molar refractivity (Wildman–Crippen MR) is 191 cm³/mol. The SMILES string of the molecule is CCCCCCCCCCCOc1ccc(C(=O)Sc2ccc(C(=O)Oc3ccc(C(=O)OC(C)CCCCCC)cc3)cc2)cc1F. The fourth-order valence-electron chi connectivity index (χ4n) is 5.16. The molecule has 3 aromatic rings. The minimum Gasteiger partial charge on any atom is -0.491 e. The second-order valence-electron chi connectivity index (χ2n) is 12.2. The first kappa shape index (κ1) is 38.8. The number of halogens is 1. The van der Waals surface area contributed by atoms with Gasteiger partial charge in [-0.3, -0.25) is 4.79 Å². The van der Waals surface area contributed by atoms with Crippen LogP contribution in [-0.4, -0.2) is 29.8 Å². The molecular weight excluding hydrogens is 627 g/mol. The lowest BCUT2D eigenvalue weighted by Gasteiger charge is -2.13. The molecule has 260 valence electrons. The third-order valence-corrected chi connectivity index (χ3v) is 8.98. The third-order valence-electron chi connectivity index (χ3n) is 8.05. The van der Waals surface area contributed by atoms with E-state index >= 15 is 0 Å². The van der Waals surface area contributed by atoms with Crippen molar-refractivity contribution in [3.05, 3.63) is 89.2 Å². The lowest BCUT2D eigenvalue weighted by Crippen LogP contribution is -2.15. The first-order chi connectivity index (χ1) is 23.3. The molecule has 0 amide bonds. The zero-order chi connectivity index (χ0) is 34.6. The Kier molecular flexibility index (Phi) is 17.8. The van der Waals surface area contributed by atoms with Crippen molar-refractivity contribution in [2.75, 3.05) is 6.61 Å². The molecule has 0 aliphatic rings. The number of carbonyl (C=O) groups excluding carboxylic acids is 3. The van der Waals surface area contributed by atoms with E-state index in [0.717, 1.165) is 56.7 Å². The van der Waals surface area contributed by atoms with Gasteiger partial charge in [0.1, 0.15) is 5.75 Å². The number of esters is 2. The number of hydrogen-bond acceptors (Lipinski definition) is 7. The van der Waals surface area contributed by atoms with Crippen LogP contribution in [0.1, 0.15) is 142 Å². The Balaban J connectivity index is 1.40. The highest BCUT2D eigenvalue weighted by molar-refractivity contribution is 8.14.